The van der Waals surface area contributed by atoms with E-state index in [1.165, 1.54) is 4.88 Å². The maximum Gasteiger partial charge on any atom is 0.222 e. The van der Waals surface area contributed by atoms with Gasteiger partial charge in [0.25, 0.3) is 0 Å². The van der Waals surface area contributed by atoms with E-state index in [1.54, 1.807) is 18.4 Å². The second kappa shape index (κ2) is 9.01. The molecule has 1 fully saturated rings. The van der Waals surface area contributed by atoms with E-state index in [1.807, 2.05) is 11.8 Å². The van der Waals surface area contributed by atoms with Crippen molar-refractivity contribution in [3.8, 4) is 0 Å². The zero-order valence-electron chi connectivity index (χ0n) is 15.2. The van der Waals surface area contributed by atoms with Gasteiger partial charge < -0.3 is 15.5 Å². The molecule has 134 valence electrons. The Morgan fingerprint density at radius 3 is 2.75 bits per heavy atom. The van der Waals surface area contributed by atoms with Crippen molar-refractivity contribution in [2.45, 2.75) is 59.0 Å². The summed E-state index contributed by atoms with van der Waals surface area (Å²) in [5.74, 6) is 1.09. The topological polar surface area (TPSA) is 69.6 Å². The van der Waals surface area contributed by atoms with Crippen molar-refractivity contribution in [3.63, 3.8) is 0 Å². The van der Waals surface area contributed by atoms with Gasteiger partial charge in [-0.05, 0) is 33.1 Å². The number of hydrogen-bond donors (Lipinski definition) is 2. The van der Waals surface area contributed by atoms with E-state index in [0.29, 0.717) is 24.9 Å². The molecule has 1 aliphatic heterocycles. The summed E-state index contributed by atoms with van der Waals surface area (Å²) in [5.41, 5.74) is 1.10. The standard InChI is InChI=1S/C17H29N5OS/c1-5-14(22-10-6-7-16(22)23)8-9-19-17(18-4)20-11-15-21-12(2)13(3)24-15/h14H,5-11H2,1-4H3,(H2,18,19,20). The van der Waals surface area contributed by atoms with Crippen molar-refractivity contribution in [1.29, 1.82) is 0 Å². The average Bonchev–Trinajstić information content (AvgIpc) is 3.13. The Morgan fingerprint density at radius 2 is 2.21 bits per heavy atom. The minimum Gasteiger partial charge on any atom is -0.356 e. The molecule has 1 aliphatic rings. The summed E-state index contributed by atoms with van der Waals surface area (Å²) in [6.45, 7) is 8.67. The highest BCUT2D eigenvalue weighted by Gasteiger charge is 2.26. The summed E-state index contributed by atoms with van der Waals surface area (Å²) in [5, 5.41) is 7.72. The van der Waals surface area contributed by atoms with Crippen LogP contribution in [0.5, 0.6) is 0 Å². The zero-order valence-corrected chi connectivity index (χ0v) is 16.0. The van der Waals surface area contributed by atoms with Crippen LogP contribution in [-0.4, -0.2) is 47.9 Å². The molecule has 2 N–H and O–H groups in total. The van der Waals surface area contributed by atoms with E-state index >= 15 is 0 Å². The van der Waals surface area contributed by atoms with E-state index in [9.17, 15) is 4.79 Å². The lowest BCUT2D eigenvalue weighted by Crippen LogP contribution is -2.41. The number of hydrogen-bond acceptors (Lipinski definition) is 4. The Balaban J connectivity index is 1.75. The van der Waals surface area contributed by atoms with Crippen LogP contribution in [-0.2, 0) is 11.3 Å². The number of thiazole rings is 1. The molecule has 0 aliphatic carbocycles. The summed E-state index contributed by atoms with van der Waals surface area (Å²) < 4.78 is 0. The molecule has 0 radical (unpaired) electrons. The maximum absolute atomic E-state index is 11.9. The van der Waals surface area contributed by atoms with E-state index in [0.717, 1.165) is 49.0 Å². The van der Waals surface area contributed by atoms with Crippen molar-refractivity contribution in [3.05, 3.63) is 15.6 Å². The van der Waals surface area contributed by atoms with Gasteiger partial charge in [-0.25, -0.2) is 4.98 Å². The number of rotatable bonds is 7. The van der Waals surface area contributed by atoms with Crippen molar-refractivity contribution >= 4 is 23.2 Å². The number of nitrogens with zero attached hydrogens (tertiary/aromatic N) is 3. The Bertz CT molecular complexity index is 564. The molecule has 1 saturated heterocycles. The largest absolute Gasteiger partial charge is 0.356 e. The number of aliphatic imine (C=N–C) groups is 1. The Kier molecular flexibility index (Phi) is 7.02. The fraction of sp³-hybridized carbons (Fsp3) is 0.706. The highest BCUT2D eigenvalue weighted by Crippen LogP contribution is 2.18. The number of aryl methyl sites for hydroxylation is 2. The van der Waals surface area contributed by atoms with Gasteiger partial charge >= 0.3 is 0 Å². The lowest BCUT2D eigenvalue weighted by molar-refractivity contribution is -0.129. The fourth-order valence-electron chi connectivity index (χ4n) is 2.99. The quantitative estimate of drug-likeness (QED) is 0.584. The number of guanidine groups is 1. The number of carbonyl (C=O) groups is 1. The normalized spacial score (nSPS) is 16.6. The molecule has 0 saturated carbocycles. The van der Waals surface area contributed by atoms with Gasteiger partial charge in [0.1, 0.15) is 5.01 Å². The Hall–Kier alpha value is -1.63. The molecule has 7 heteroatoms. The highest BCUT2D eigenvalue weighted by atomic mass is 32.1. The molecule has 0 spiro atoms. The molecule has 2 rings (SSSR count). The molecule has 1 aromatic rings. The molecule has 1 aromatic heterocycles. The minimum atomic E-state index is 0.305. The predicted molar refractivity (Wildman–Crippen MR) is 99.4 cm³/mol. The molecule has 1 amide bonds. The number of likely N-dealkylation sites (tertiary alicyclic amines) is 1. The van der Waals surface area contributed by atoms with Gasteiger partial charge in [-0.2, -0.15) is 0 Å². The molecule has 1 atom stereocenters. The van der Waals surface area contributed by atoms with Gasteiger partial charge in [-0.15, -0.1) is 11.3 Å². The Labute approximate surface area is 148 Å². The molecular formula is C17H29N5OS. The van der Waals surface area contributed by atoms with Gasteiger partial charge in [-0.3, -0.25) is 9.79 Å². The van der Waals surface area contributed by atoms with Crippen LogP contribution < -0.4 is 10.6 Å². The van der Waals surface area contributed by atoms with Crippen LogP contribution in [0.1, 0.15) is 48.2 Å². The summed E-state index contributed by atoms with van der Waals surface area (Å²) in [4.78, 5) is 24.0. The van der Waals surface area contributed by atoms with Crippen LogP contribution in [0.15, 0.2) is 4.99 Å². The van der Waals surface area contributed by atoms with Gasteiger partial charge in [0.05, 0.1) is 12.2 Å². The first-order chi connectivity index (χ1) is 11.5. The molecule has 2 heterocycles. The third kappa shape index (κ3) is 4.93. The lowest BCUT2D eigenvalue weighted by Gasteiger charge is -2.27. The molecule has 6 nitrogen and oxygen atoms in total. The number of nitrogens with one attached hydrogen (secondary N) is 2. The van der Waals surface area contributed by atoms with Crippen LogP contribution in [0.3, 0.4) is 0 Å². The smallest absolute Gasteiger partial charge is 0.222 e. The van der Waals surface area contributed by atoms with E-state index < -0.39 is 0 Å². The van der Waals surface area contributed by atoms with Crippen molar-refractivity contribution in [2.24, 2.45) is 4.99 Å². The average molecular weight is 352 g/mol. The van der Waals surface area contributed by atoms with Crippen molar-refractivity contribution in [1.82, 2.24) is 20.5 Å². The van der Waals surface area contributed by atoms with Gasteiger partial charge in [0.2, 0.25) is 5.91 Å². The lowest BCUT2D eigenvalue weighted by atomic mass is 10.1. The summed E-state index contributed by atoms with van der Waals surface area (Å²) in [6.07, 6.45) is 3.65. The minimum absolute atomic E-state index is 0.305. The molecular weight excluding hydrogens is 322 g/mol. The van der Waals surface area contributed by atoms with Crippen molar-refractivity contribution < 1.29 is 4.79 Å². The molecule has 1 unspecified atom stereocenters. The number of amides is 1. The summed E-state index contributed by atoms with van der Waals surface area (Å²) >= 11 is 1.72. The first kappa shape index (κ1) is 18.7. The van der Waals surface area contributed by atoms with Gasteiger partial charge in [0, 0.05) is 37.5 Å². The second-order valence-corrected chi connectivity index (χ2v) is 7.43. The molecule has 24 heavy (non-hydrogen) atoms. The Morgan fingerprint density at radius 1 is 1.42 bits per heavy atom. The maximum atomic E-state index is 11.9. The first-order valence-corrected chi connectivity index (χ1v) is 9.53. The SMILES string of the molecule is CCC(CCNC(=NC)NCc1nc(C)c(C)s1)N1CCCC1=O. The van der Waals surface area contributed by atoms with E-state index in [-0.39, 0.29) is 0 Å². The first-order valence-electron chi connectivity index (χ1n) is 8.72. The van der Waals surface area contributed by atoms with Gasteiger partial charge in [0.15, 0.2) is 5.96 Å². The monoisotopic (exact) mass is 351 g/mol. The molecule has 0 aromatic carbocycles. The second-order valence-electron chi connectivity index (χ2n) is 6.14. The highest BCUT2D eigenvalue weighted by molar-refractivity contribution is 7.11. The van der Waals surface area contributed by atoms with Crippen LogP contribution in [0.25, 0.3) is 0 Å². The number of aromatic nitrogens is 1. The van der Waals surface area contributed by atoms with E-state index in [2.05, 4.69) is 34.5 Å². The zero-order chi connectivity index (χ0) is 17.5. The van der Waals surface area contributed by atoms with Crippen LogP contribution in [0.4, 0.5) is 0 Å². The summed E-state index contributed by atoms with van der Waals surface area (Å²) in [6, 6.07) is 0.329. The number of carbonyl (C=O) groups excluding carboxylic acids is 1. The van der Waals surface area contributed by atoms with Gasteiger partial charge in [-0.1, -0.05) is 6.92 Å². The fourth-order valence-corrected chi connectivity index (χ4v) is 3.86. The van der Waals surface area contributed by atoms with Crippen molar-refractivity contribution in [2.75, 3.05) is 20.1 Å². The third-order valence-electron chi connectivity index (χ3n) is 4.50. The summed E-state index contributed by atoms with van der Waals surface area (Å²) in [7, 11) is 1.77. The van der Waals surface area contributed by atoms with Crippen LogP contribution >= 0.6 is 11.3 Å². The van der Waals surface area contributed by atoms with Crippen LogP contribution in [0.2, 0.25) is 0 Å². The van der Waals surface area contributed by atoms with Crippen LogP contribution in [0, 0.1) is 13.8 Å². The van der Waals surface area contributed by atoms with E-state index in [4.69, 9.17) is 0 Å². The predicted octanol–water partition coefficient (Wildman–Crippen LogP) is 2.22. The third-order valence-corrected chi connectivity index (χ3v) is 5.57. The molecule has 0 bridgehead atoms.